The Morgan fingerprint density at radius 2 is 1.92 bits per heavy atom. The summed E-state index contributed by atoms with van der Waals surface area (Å²) in [6.07, 6.45) is 0.957. The summed E-state index contributed by atoms with van der Waals surface area (Å²) in [5, 5.41) is 8.74. The highest BCUT2D eigenvalue weighted by atomic mass is 35.5. The first-order chi connectivity index (χ1) is 11.9. The van der Waals surface area contributed by atoms with E-state index in [1.807, 2.05) is 45.0 Å². The van der Waals surface area contributed by atoms with E-state index in [2.05, 4.69) is 15.6 Å². The molecule has 0 fully saturated rings. The van der Waals surface area contributed by atoms with Crippen molar-refractivity contribution in [2.75, 3.05) is 5.32 Å². The molecular weight excluding hydrogens is 358 g/mol. The molecule has 0 radical (unpaired) electrons. The number of anilines is 1. The second-order valence-corrected chi connectivity index (χ2v) is 7.34. The summed E-state index contributed by atoms with van der Waals surface area (Å²) in [5.74, 6) is -0.298. The van der Waals surface area contributed by atoms with Gasteiger partial charge in [0.1, 0.15) is 0 Å². The molecule has 1 atom stereocenters. The largest absolute Gasteiger partial charge is 0.349 e. The molecule has 2 rings (SSSR count). The fraction of sp³-hybridized carbons (Fsp3) is 0.389. The number of hydrogen-bond acceptors (Lipinski definition) is 4. The molecule has 2 N–H and O–H groups in total. The zero-order valence-corrected chi connectivity index (χ0v) is 16.1. The van der Waals surface area contributed by atoms with Gasteiger partial charge in [-0.15, -0.1) is 11.3 Å². The van der Waals surface area contributed by atoms with Crippen LogP contribution in [0.25, 0.3) is 0 Å². The highest BCUT2D eigenvalue weighted by Crippen LogP contribution is 2.20. The molecule has 1 aromatic heterocycles. The molecule has 0 aliphatic heterocycles. The Kier molecular flexibility index (Phi) is 6.96. The summed E-state index contributed by atoms with van der Waals surface area (Å²) in [6.45, 7) is 5.65. The van der Waals surface area contributed by atoms with Crippen molar-refractivity contribution < 1.29 is 9.59 Å². The number of rotatable bonds is 7. The lowest BCUT2D eigenvalue weighted by molar-refractivity contribution is -0.121. The van der Waals surface area contributed by atoms with Crippen molar-refractivity contribution >= 4 is 39.9 Å². The molecule has 0 saturated heterocycles. The molecule has 1 aromatic carbocycles. The summed E-state index contributed by atoms with van der Waals surface area (Å²) in [6, 6.07) is 7.40. The zero-order chi connectivity index (χ0) is 18.4. The van der Waals surface area contributed by atoms with E-state index >= 15 is 0 Å². The minimum atomic E-state index is -0.111. The van der Waals surface area contributed by atoms with Crippen molar-refractivity contribution in [2.45, 2.75) is 39.7 Å². The monoisotopic (exact) mass is 379 g/mol. The van der Waals surface area contributed by atoms with Gasteiger partial charge in [-0.3, -0.25) is 9.59 Å². The molecule has 0 aliphatic carbocycles. The quantitative estimate of drug-likeness (QED) is 0.757. The third-order valence-corrected chi connectivity index (χ3v) is 4.72. The Bertz CT molecular complexity index is 728. The summed E-state index contributed by atoms with van der Waals surface area (Å²) in [7, 11) is 0. The first-order valence-electron chi connectivity index (χ1n) is 8.19. The van der Waals surface area contributed by atoms with E-state index in [0.29, 0.717) is 15.8 Å². The van der Waals surface area contributed by atoms with Crippen LogP contribution in [0.1, 0.15) is 44.5 Å². The van der Waals surface area contributed by atoms with E-state index in [0.717, 1.165) is 12.0 Å². The van der Waals surface area contributed by atoms with Crippen LogP contribution in [-0.4, -0.2) is 16.8 Å². The van der Waals surface area contributed by atoms with Crippen LogP contribution in [0, 0.1) is 5.92 Å². The topological polar surface area (TPSA) is 71.1 Å². The Morgan fingerprint density at radius 3 is 2.52 bits per heavy atom. The minimum Gasteiger partial charge on any atom is -0.349 e. The minimum absolute atomic E-state index is 0.0662. The van der Waals surface area contributed by atoms with Gasteiger partial charge in [0, 0.05) is 16.3 Å². The van der Waals surface area contributed by atoms with Gasteiger partial charge in [0.2, 0.25) is 11.8 Å². The summed E-state index contributed by atoms with van der Waals surface area (Å²) >= 11 is 7.23. The number of aromatic nitrogens is 1. The third-order valence-electron chi connectivity index (χ3n) is 3.66. The zero-order valence-electron chi connectivity index (χ0n) is 14.5. The van der Waals surface area contributed by atoms with Gasteiger partial charge < -0.3 is 10.6 Å². The molecule has 25 heavy (non-hydrogen) atoms. The van der Waals surface area contributed by atoms with Crippen LogP contribution < -0.4 is 10.6 Å². The van der Waals surface area contributed by atoms with Crippen LogP contribution >= 0.6 is 22.9 Å². The first-order valence-corrected chi connectivity index (χ1v) is 9.45. The second kappa shape index (κ2) is 8.97. The predicted molar refractivity (Wildman–Crippen MR) is 102 cm³/mol. The third kappa shape index (κ3) is 5.83. The van der Waals surface area contributed by atoms with E-state index < -0.39 is 0 Å². The van der Waals surface area contributed by atoms with Gasteiger partial charge >= 0.3 is 0 Å². The fourth-order valence-electron chi connectivity index (χ4n) is 2.22. The lowest BCUT2D eigenvalue weighted by Gasteiger charge is -2.17. The number of nitrogens with zero attached hydrogens (tertiary/aromatic N) is 1. The summed E-state index contributed by atoms with van der Waals surface area (Å²) in [4.78, 5) is 28.3. The molecule has 0 saturated carbocycles. The summed E-state index contributed by atoms with van der Waals surface area (Å²) < 4.78 is 0. The van der Waals surface area contributed by atoms with Crippen LogP contribution in [0.5, 0.6) is 0 Å². The molecule has 0 spiro atoms. The maximum Gasteiger partial charge on any atom is 0.228 e. The van der Waals surface area contributed by atoms with Gasteiger partial charge in [-0.2, -0.15) is 0 Å². The van der Waals surface area contributed by atoms with Crippen molar-refractivity contribution in [2.24, 2.45) is 5.92 Å². The van der Waals surface area contributed by atoms with Gasteiger partial charge in [0.25, 0.3) is 0 Å². The number of halogens is 1. The van der Waals surface area contributed by atoms with Crippen molar-refractivity contribution in [3.8, 4) is 0 Å². The average Bonchev–Trinajstić information content (AvgIpc) is 3.00. The molecule has 7 heteroatoms. The average molecular weight is 380 g/mol. The van der Waals surface area contributed by atoms with Crippen LogP contribution in [0.3, 0.4) is 0 Å². The van der Waals surface area contributed by atoms with Gasteiger partial charge in [0.05, 0.1) is 18.2 Å². The van der Waals surface area contributed by atoms with E-state index in [1.165, 1.54) is 11.3 Å². The SMILES string of the molecule is CCC(NC(=O)Cc1csc(NC(=O)C(C)C)n1)c1ccc(Cl)cc1. The Hall–Kier alpha value is -1.92. The lowest BCUT2D eigenvalue weighted by atomic mass is 10.0. The van der Waals surface area contributed by atoms with Crippen LogP contribution in [-0.2, 0) is 16.0 Å². The molecule has 2 amide bonds. The van der Waals surface area contributed by atoms with Crippen molar-refractivity contribution in [1.82, 2.24) is 10.3 Å². The van der Waals surface area contributed by atoms with Crippen molar-refractivity contribution in [1.29, 1.82) is 0 Å². The number of amides is 2. The van der Waals surface area contributed by atoms with Crippen LogP contribution in [0.2, 0.25) is 5.02 Å². The Labute approximate surface area is 156 Å². The highest BCUT2D eigenvalue weighted by molar-refractivity contribution is 7.13. The molecule has 1 unspecified atom stereocenters. The van der Waals surface area contributed by atoms with Gasteiger partial charge in [-0.1, -0.05) is 44.5 Å². The fourth-order valence-corrected chi connectivity index (χ4v) is 3.06. The molecular formula is C18H22ClN3O2S. The van der Waals surface area contributed by atoms with Gasteiger partial charge in [-0.25, -0.2) is 4.98 Å². The molecule has 1 heterocycles. The first kappa shape index (κ1) is 19.4. The number of benzene rings is 1. The van der Waals surface area contributed by atoms with Crippen LogP contribution in [0.4, 0.5) is 5.13 Å². The van der Waals surface area contributed by atoms with Gasteiger partial charge in [0.15, 0.2) is 5.13 Å². The number of nitrogens with one attached hydrogen (secondary N) is 2. The van der Waals surface area contributed by atoms with Crippen molar-refractivity contribution in [3.05, 3.63) is 45.9 Å². The standard InChI is InChI=1S/C18H22ClN3O2S/c1-4-15(12-5-7-13(19)8-6-12)21-16(23)9-14-10-25-18(20-14)22-17(24)11(2)3/h5-8,10-11,15H,4,9H2,1-3H3,(H,21,23)(H,20,22,24). The number of hydrogen-bond donors (Lipinski definition) is 2. The lowest BCUT2D eigenvalue weighted by Crippen LogP contribution is -2.29. The number of carbonyl (C=O) groups is 2. The maximum absolute atomic E-state index is 12.3. The second-order valence-electron chi connectivity index (χ2n) is 6.04. The van der Waals surface area contributed by atoms with E-state index in [4.69, 9.17) is 11.6 Å². The van der Waals surface area contributed by atoms with Crippen molar-refractivity contribution in [3.63, 3.8) is 0 Å². The van der Waals surface area contributed by atoms with E-state index in [1.54, 1.807) is 5.38 Å². The summed E-state index contributed by atoms with van der Waals surface area (Å²) in [5.41, 5.74) is 1.66. The normalized spacial score (nSPS) is 12.0. The van der Waals surface area contributed by atoms with Crippen LogP contribution in [0.15, 0.2) is 29.6 Å². The number of carbonyl (C=O) groups excluding carboxylic acids is 2. The van der Waals surface area contributed by atoms with E-state index in [-0.39, 0.29) is 30.2 Å². The molecule has 0 aliphatic rings. The molecule has 0 bridgehead atoms. The Balaban J connectivity index is 1.94. The molecule has 134 valence electrons. The maximum atomic E-state index is 12.3. The smallest absolute Gasteiger partial charge is 0.228 e. The highest BCUT2D eigenvalue weighted by Gasteiger charge is 2.15. The number of thiazole rings is 1. The molecule has 2 aromatic rings. The Morgan fingerprint density at radius 1 is 1.24 bits per heavy atom. The predicted octanol–water partition coefficient (Wildman–Crippen LogP) is 4.20. The molecule has 5 nitrogen and oxygen atoms in total. The van der Waals surface area contributed by atoms with E-state index in [9.17, 15) is 9.59 Å². The van der Waals surface area contributed by atoms with Gasteiger partial charge in [-0.05, 0) is 24.1 Å².